The first-order valence-corrected chi connectivity index (χ1v) is 5.60. The second-order valence-electron chi connectivity index (χ2n) is 3.54. The van der Waals surface area contributed by atoms with Gasteiger partial charge in [0.1, 0.15) is 0 Å². The molecule has 0 aliphatic rings. The quantitative estimate of drug-likeness (QED) is 0.688. The maximum Gasteiger partial charge on any atom is 0.0204 e. The summed E-state index contributed by atoms with van der Waals surface area (Å²) in [5, 5.41) is 0. The zero-order valence-corrected chi connectivity index (χ0v) is 10.5. The summed E-state index contributed by atoms with van der Waals surface area (Å²) in [7, 11) is 0. The van der Waals surface area contributed by atoms with Crippen LogP contribution in [0.3, 0.4) is 0 Å². The summed E-state index contributed by atoms with van der Waals surface area (Å²) in [6.45, 7) is 6.22. The molecule has 0 saturated heterocycles. The van der Waals surface area contributed by atoms with Gasteiger partial charge in [-0.1, -0.05) is 35.0 Å². The Bertz CT molecular complexity index is 369. The van der Waals surface area contributed by atoms with E-state index >= 15 is 0 Å². The van der Waals surface area contributed by atoms with Gasteiger partial charge in [-0.05, 0) is 37.0 Å². The molecule has 0 radical (unpaired) electrons. The van der Waals surface area contributed by atoms with Crippen molar-refractivity contribution in [3.63, 3.8) is 0 Å². The predicted molar refractivity (Wildman–Crippen MR) is 65.4 cm³/mol. The third-order valence-corrected chi connectivity index (χ3v) is 3.23. The largest absolute Gasteiger partial charge is 0.107 e. The summed E-state index contributed by atoms with van der Waals surface area (Å²) >= 11 is 3.50. The molecule has 0 N–H and O–H groups in total. The van der Waals surface area contributed by atoms with Crippen molar-refractivity contribution >= 4 is 15.9 Å². The lowest BCUT2D eigenvalue weighted by atomic mass is 9.97. The van der Waals surface area contributed by atoms with Crippen LogP contribution >= 0.6 is 15.9 Å². The average molecular weight is 251 g/mol. The Hall–Kier alpha value is -0.740. The lowest BCUT2D eigenvalue weighted by Crippen LogP contribution is -1.92. The predicted octanol–water partition coefficient (Wildman–Crippen LogP) is 4.27. The topological polar surface area (TPSA) is 0 Å². The molecule has 0 spiro atoms. The molecule has 0 heterocycles. The molecule has 1 rings (SSSR count). The van der Waals surface area contributed by atoms with E-state index < -0.39 is 0 Å². The fraction of sp³-hybridized carbons (Fsp3) is 0.385. The van der Waals surface area contributed by atoms with Crippen LogP contribution in [0.4, 0.5) is 0 Å². The monoisotopic (exact) mass is 250 g/mol. The molecule has 74 valence electrons. The highest BCUT2D eigenvalue weighted by molar-refractivity contribution is 9.10. The Morgan fingerprint density at radius 1 is 1.43 bits per heavy atom. The first-order valence-electron chi connectivity index (χ1n) is 4.80. The van der Waals surface area contributed by atoms with Crippen LogP contribution in [-0.2, 0) is 0 Å². The van der Waals surface area contributed by atoms with Crippen LogP contribution in [0, 0.1) is 18.8 Å². The van der Waals surface area contributed by atoms with E-state index in [1.807, 2.05) is 6.92 Å². The number of hydrogen-bond acceptors (Lipinski definition) is 0. The van der Waals surface area contributed by atoms with E-state index in [9.17, 15) is 0 Å². The Kier molecular flexibility index (Phi) is 4.22. The van der Waals surface area contributed by atoms with E-state index in [4.69, 9.17) is 0 Å². The van der Waals surface area contributed by atoms with Gasteiger partial charge in [0.15, 0.2) is 0 Å². The number of benzene rings is 1. The van der Waals surface area contributed by atoms with Crippen molar-refractivity contribution in [3.8, 4) is 11.8 Å². The SMILES string of the molecule is CC#CCC(C)c1ccc(Br)c(C)c1. The molecule has 0 aliphatic carbocycles. The maximum atomic E-state index is 3.50. The van der Waals surface area contributed by atoms with Crippen LogP contribution in [0.2, 0.25) is 0 Å². The van der Waals surface area contributed by atoms with Crippen LogP contribution < -0.4 is 0 Å². The minimum absolute atomic E-state index is 0.522. The van der Waals surface area contributed by atoms with Crippen molar-refractivity contribution in [2.24, 2.45) is 0 Å². The Morgan fingerprint density at radius 2 is 2.14 bits per heavy atom. The second-order valence-corrected chi connectivity index (χ2v) is 4.39. The summed E-state index contributed by atoms with van der Waals surface area (Å²) in [5.41, 5.74) is 2.66. The van der Waals surface area contributed by atoms with Gasteiger partial charge in [-0.2, -0.15) is 0 Å². The summed E-state index contributed by atoms with van der Waals surface area (Å²) < 4.78 is 1.18. The van der Waals surface area contributed by atoms with Crippen molar-refractivity contribution < 1.29 is 0 Å². The first-order chi connectivity index (χ1) is 6.65. The van der Waals surface area contributed by atoms with Gasteiger partial charge < -0.3 is 0 Å². The third kappa shape index (κ3) is 2.89. The van der Waals surface area contributed by atoms with Gasteiger partial charge in [-0.25, -0.2) is 0 Å². The van der Waals surface area contributed by atoms with E-state index in [0.29, 0.717) is 5.92 Å². The molecule has 0 saturated carbocycles. The minimum Gasteiger partial charge on any atom is -0.107 e. The summed E-state index contributed by atoms with van der Waals surface area (Å²) in [5.74, 6) is 6.58. The minimum atomic E-state index is 0.522. The Balaban J connectivity index is 2.83. The summed E-state index contributed by atoms with van der Waals surface area (Å²) in [6, 6.07) is 6.51. The van der Waals surface area contributed by atoms with Gasteiger partial charge in [0, 0.05) is 10.9 Å². The van der Waals surface area contributed by atoms with Crippen LogP contribution in [0.25, 0.3) is 0 Å². The molecule has 0 amide bonds. The molecule has 1 unspecified atom stereocenters. The normalized spacial score (nSPS) is 11.7. The number of aryl methyl sites for hydroxylation is 1. The third-order valence-electron chi connectivity index (χ3n) is 2.34. The van der Waals surface area contributed by atoms with Gasteiger partial charge in [-0.3, -0.25) is 0 Å². The number of hydrogen-bond donors (Lipinski definition) is 0. The average Bonchev–Trinajstić information content (AvgIpc) is 2.18. The van der Waals surface area contributed by atoms with Gasteiger partial charge in [0.2, 0.25) is 0 Å². The zero-order valence-electron chi connectivity index (χ0n) is 8.89. The van der Waals surface area contributed by atoms with Crippen molar-refractivity contribution in [3.05, 3.63) is 33.8 Å². The molecule has 0 fully saturated rings. The van der Waals surface area contributed by atoms with Crippen molar-refractivity contribution in [2.75, 3.05) is 0 Å². The smallest absolute Gasteiger partial charge is 0.0204 e. The fourth-order valence-electron chi connectivity index (χ4n) is 1.35. The van der Waals surface area contributed by atoms with Gasteiger partial charge in [-0.15, -0.1) is 11.8 Å². The first kappa shape index (κ1) is 11.3. The highest BCUT2D eigenvalue weighted by atomic mass is 79.9. The van der Waals surface area contributed by atoms with Crippen molar-refractivity contribution in [2.45, 2.75) is 33.1 Å². The van der Waals surface area contributed by atoms with Gasteiger partial charge in [0.25, 0.3) is 0 Å². The fourth-order valence-corrected chi connectivity index (χ4v) is 1.59. The molecule has 1 atom stereocenters. The molecule has 0 bridgehead atoms. The number of rotatable bonds is 2. The van der Waals surface area contributed by atoms with Gasteiger partial charge in [0.05, 0.1) is 0 Å². The van der Waals surface area contributed by atoms with E-state index in [1.54, 1.807) is 0 Å². The zero-order chi connectivity index (χ0) is 10.6. The van der Waals surface area contributed by atoms with Crippen LogP contribution in [-0.4, -0.2) is 0 Å². The molecule has 14 heavy (non-hydrogen) atoms. The van der Waals surface area contributed by atoms with E-state index in [0.717, 1.165) is 6.42 Å². The molecule has 1 aromatic carbocycles. The maximum absolute atomic E-state index is 3.50. The van der Waals surface area contributed by atoms with Crippen LogP contribution in [0.15, 0.2) is 22.7 Å². The summed E-state index contributed by atoms with van der Waals surface area (Å²) in [4.78, 5) is 0. The molecule has 0 aromatic heterocycles. The Morgan fingerprint density at radius 3 is 2.71 bits per heavy atom. The summed E-state index contributed by atoms with van der Waals surface area (Å²) in [6.07, 6.45) is 0.942. The van der Waals surface area contributed by atoms with Crippen LogP contribution in [0.1, 0.15) is 37.3 Å². The lowest BCUT2D eigenvalue weighted by molar-refractivity contribution is 0.794. The highest BCUT2D eigenvalue weighted by Gasteiger charge is 2.04. The van der Waals surface area contributed by atoms with E-state index in [-0.39, 0.29) is 0 Å². The standard InChI is InChI=1S/C13H15Br/c1-4-5-6-10(2)12-7-8-13(14)11(3)9-12/h7-10H,6H2,1-3H3. The molecule has 0 aliphatic heterocycles. The lowest BCUT2D eigenvalue weighted by Gasteiger charge is -2.09. The molecule has 1 heteroatoms. The Labute approximate surface area is 94.9 Å². The van der Waals surface area contributed by atoms with E-state index in [2.05, 4.69) is 59.8 Å². The molecule has 0 nitrogen and oxygen atoms in total. The van der Waals surface area contributed by atoms with Crippen molar-refractivity contribution in [1.29, 1.82) is 0 Å². The number of halogens is 1. The van der Waals surface area contributed by atoms with Crippen molar-refractivity contribution in [1.82, 2.24) is 0 Å². The van der Waals surface area contributed by atoms with Gasteiger partial charge >= 0.3 is 0 Å². The highest BCUT2D eigenvalue weighted by Crippen LogP contribution is 2.23. The molecule has 1 aromatic rings. The van der Waals surface area contributed by atoms with E-state index in [1.165, 1.54) is 15.6 Å². The molecular formula is C13H15Br. The second kappa shape index (κ2) is 5.22. The van der Waals surface area contributed by atoms with Crippen LogP contribution in [0.5, 0.6) is 0 Å². The molecular weight excluding hydrogens is 236 g/mol.